The van der Waals surface area contributed by atoms with Crippen LogP contribution < -0.4 is 10.1 Å². The first-order valence-corrected chi connectivity index (χ1v) is 8.57. The molecule has 0 saturated heterocycles. The Bertz CT molecular complexity index is 733. The molecular weight excluding hydrogens is 352 g/mol. The molecule has 0 aliphatic carbocycles. The van der Waals surface area contributed by atoms with E-state index in [1.807, 2.05) is 6.92 Å². The van der Waals surface area contributed by atoms with Gasteiger partial charge in [0.15, 0.2) is 17.5 Å². The van der Waals surface area contributed by atoms with Crippen LogP contribution >= 0.6 is 22.9 Å². The van der Waals surface area contributed by atoms with Gasteiger partial charge in [-0.15, -0.1) is 11.3 Å². The summed E-state index contributed by atoms with van der Waals surface area (Å²) in [4.78, 5) is 28.9. The van der Waals surface area contributed by atoms with Crippen LogP contribution in [0.3, 0.4) is 0 Å². The van der Waals surface area contributed by atoms with E-state index in [4.69, 9.17) is 21.1 Å². The standard InChI is InChI=1S/C16H17ClN2O4S/c1-3-10-8-11(16(21)22-4-2)15(24-10)19-13(20)9-23-12-6-5-7-18-14(12)17/h5-8H,3-4,9H2,1-2H3,(H,19,20). The Labute approximate surface area is 148 Å². The molecule has 0 unspecified atom stereocenters. The summed E-state index contributed by atoms with van der Waals surface area (Å²) in [5, 5.41) is 3.32. The number of carbonyl (C=O) groups is 2. The van der Waals surface area contributed by atoms with Gasteiger partial charge in [-0.05, 0) is 31.5 Å². The van der Waals surface area contributed by atoms with Crippen molar-refractivity contribution in [3.63, 3.8) is 0 Å². The topological polar surface area (TPSA) is 77.5 Å². The van der Waals surface area contributed by atoms with Crippen LogP contribution in [0.5, 0.6) is 5.75 Å². The van der Waals surface area contributed by atoms with E-state index in [0.717, 1.165) is 11.3 Å². The third-order valence-electron chi connectivity index (χ3n) is 2.96. The zero-order valence-corrected chi connectivity index (χ0v) is 14.9. The monoisotopic (exact) mass is 368 g/mol. The molecule has 1 N–H and O–H groups in total. The predicted octanol–water partition coefficient (Wildman–Crippen LogP) is 3.55. The van der Waals surface area contributed by atoms with Gasteiger partial charge in [0, 0.05) is 11.1 Å². The second-order valence-electron chi connectivity index (χ2n) is 4.66. The molecule has 2 aromatic heterocycles. The Kier molecular flexibility index (Phi) is 6.57. The maximum Gasteiger partial charge on any atom is 0.341 e. The van der Waals surface area contributed by atoms with Crippen LogP contribution in [0.2, 0.25) is 5.15 Å². The molecule has 0 fully saturated rings. The fourth-order valence-electron chi connectivity index (χ4n) is 1.85. The number of amides is 1. The lowest BCUT2D eigenvalue weighted by Gasteiger charge is -2.08. The molecule has 0 aliphatic heterocycles. The van der Waals surface area contributed by atoms with Gasteiger partial charge in [0.05, 0.1) is 12.2 Å². The second kappa shape index (κ2) is 8.65. The number of anilines is 1. The molecule has 0 saturated carbocycles. The second-order valence-corrected chi connectivity index (χ2v) is 6.15. The molecule has 0 radical (unpaired) electrons. The van der Waals surface area contributed by atoms with Crippen molar-refractivity contribution in [2.45, 2.75) is 20.3 Å². The van der Waals surface area contributed by atoms with E-state index in [1.165, 1.54) is 17.5 Å². The molecular formula is C16H17ClN2O4S. The van der Waals surface area contributed by atoms with Gasteiger partial charge in [-0.2, -0.15) is 0 Å². The summed E-state index contributed by atoms with van der Waals surface area (Å²) < 4.78 is 10.3. The minimum absolute atomic E-state index is 0.182. The van der Waals surface area contributed by atoms with Crippen LogP contribution in [0.4, 0.5) is 5.00 Å². The maximum absolute atomic E-state index is 12.1. The lowest BCUT2D eigenvalue weighted by molar-refractivity contribution is -0.118. The Hall–Kier alpha value is -2.12. The van der Waals surface area contributed by atoms with Crippen molar-refractivity contribution in [3.05, 3.63) is 40.0 Å². The van der Waals surface area contributed by atoms with Gasteiger partial charge in [0.1, 0.15) is 5.00 Å². The van der Waals surface area contributed by atoms with Gasteiger partial charge in [0.25, 0.3) is 5.91 Å². The van der Waals surface area contributed by atoms with Crippen LogP contribution in [-0.2, 0) is 16.0 Å². The Morgan fingerprint density at radius 3 is 2.83 bits per heavy atom. The van der Waals surface area contributed by atoms with Crippen molar-refractivity contribution >= 4 is 39.8 Å². The smallest absolute Gasteiger partial charge is 0.341 e. The molecule has 0 spiro atoms. The van der Waals surface area contributed by atoms with Gasteiger partial charge in [-0.25, -0.2) is 9.78 Å². The van der Waals surface area contributed by atoms with Crippen molar-refractivity contribution < 1.29 is 19.1 Å². The van der Waals surface area contributed by atoms with Gasteiger partial charge < -0.3 is 14.8 Å². The predicted molar refractivity (Wildman–Crippen MR) is 93.0 cm³/mol. The molecule has 0 aromatic carbocycles. The van der Waals surface area contributed by atoms with Crippen LogP contribution in [-0.4, -0.2) is 30.1 Å². The number of nitrogens with one attached hydrogen (secondary N) is 1. The fraction of sp³-hybridized carbons (Fsp3) is 0.312. The molecule has 128 valence electrons. The third kappa shape index (κ3) is 4.69. The average Bonchev–Trinajstić information content (AvgIpc) is 2.97. The van der Waals surface area contributed by atoms with Gasteiger partial charge >= 0.3 is 5.97 Å². The number of esters is 1. The Morgan fingerprint density at radius 1 is 1.38 bits per heavy atom. The number of rotatable bonds is 7. The molecule has 6 nitrogen and oxygen atoms in total. The largest absolute Gasteiger partial charge is 0.481 e. The summed E-state index contributed by atoms with van der Waals surface area (Å²) >= 11 is 7.20. The summed E-state index contributed by atoms with van der Waals surface area (Å²) in [6.45, 7) is 3.73. The highest BCUT2D eigenvalue weighted by Gasteiger charge is 2.19. The number of carbonyl (C=O) groups excluding carboxylic acids is 2. The molecule has 2 aromatic rings. The number of pyridine rings is 1. The van der Waals surface area contributed by atoms with E-state index in [2.05, 4.69) is 10.3 Å². The van der Waals surface area contributed by atoms with Crippen LogP contribution in [0.25, 0.3) is 0 Å². The maximum atomic E-state index is 12.1. The SMILES string of the molecule is CCOC(=O)c1cc(CC)sc1NC(=O)COc1cccnc1Cl. The van der Waals surface area contributed by atoms with Crippen LogP contribution in [0, 0.1) is 0 Å². The lowest BCUT2D eigenvalue weighted by Crippen LogP contribution is -2.21. The van der Waals surface area contributed by atoms with Gasteiger partial charge in [0.2, 0.25) is 0 Å². The summed E-state index contributed by atoms with van der Waals surface area (Å²) in [7, 11) is 0. The van der Waals surface area contributed by atoms with E-state index in [1.54, 1.807) is 25.1 Å². The van der Waals surface area contributed by atoms with Crippen molar-refractivity contribution in [2.75, 3.05) is 18.5 Å². The van der Waals surface area contributed by atoms with Crippen LogP contribution in [0.1, 0.15) is 29.1 Å². The minimum Gasteiger partial charge on any atom is -0.481 e. The molecule has 2 heterocycles. The zero-order chi connectivity index (χ0) is 17.5. The number of nitrogens with zero attached hydrogens (tertiary/aromatic N) is 1. The molecule has 0 aliphatic rings. The molecule has 0 bridgehead atoms. The fourth-order valence-corrected chi connectivity index (χ4v) is 3.03. The molecule has 1 amide bonds. The highest BCUT2D eigenvalue weighted by atomic mass is 35.5. The zero-order valence-electron chi connectivity index (χ0n) is 13.3. The third-order valence-corrected chi connectivity index (χ3v) is 4.44. The van der Waals surface area contributed by atoms with Gasteiger partial charge in [-0.3, -0.25) is 4.79 Å². The normalized spacial score (nSPS) is 10.3. The Morgan fingerprint density at radius 2 is 2.17 bits per heavy atom. The van der Waals surface area contributed by atoms with Crippen molar-refractivity contribution in [3.8, 4) is 5.75 Å². The molecule has 2 rings (SSSR count). The first-order chi connectivity index (χ1) is 11.5. The summed E-state index contributed by atoms with van der Waals surface area (Å²) in [5.41, 5.74) is 0.353. The minimum atomic E-state index is -0.458. The number of halogens is 1. The number of thiophene rings is 1. The highest BCUT2D eigenvalue weighted by molar-refractivity contribution is 7.16. The van der Waals surface area contributed by atoms with E-state index < -0.39 is 11.9 Å². The first kappa shape index (κ1) is 18.2. The number of aromatic nitrogens is 1. The number of ether oxygens (including phenoxy) is 2. The van der Waals surface area contributed by atoms with Crippen LogP contribution in [0.15, 0.2) is 24.4 Å². The van der Waals surface area contributed by atoms with Gasteiger partial charge in [-0.1, -0.05) is 18.5 Å². The summed E-state index contributed by atoms with van der Waals surface area (Å²) in [6.07, 6.45) is 2.29. The van der Waals surface area contributed by atoms with E-state index in [-0.39, 0.29) is 18.4 Å². The Balaban J connectivity index is 2.04. The quantitative estimate of drug-likeness (QED) is 0.597. The lowest BCUT2D eigenvalue weighted by atomic mass is 10.2. The number of hydrogen-bond donors (Lipinski definition) is 1. The molecule has 8 heteroatoms. The average molecular weight is 369 g/mol. The molecule has 0 atom stereocenters. The summed E-state index contributed by atoms with van der Waals surface area (Å²) in [6, 6.07) is 5.01. The summed E-state index contributed by atoms with van der Waals surface area (Å²) in [5.74, 6) is -0.537. The first-order valence-electron chi connectivity index (χ1n) is 7.38. The van der Waals surface area contributed by atoms with E-state index in [9.17, 15) is 9.59 Å². The van der Waals surface area contributed by atoms with E-state index >= 15 is 0 Å². The number of hydrogen-bond acceptors (Lipinski definition) is 6. The highest BCUT2D eigenvalue weighted by Crippen LogP contribution is 2.29. The van der Waals surface area contributed by atoms with E-state index in [0.29, 0.717) is 16.3 Å². The van der Waals surface area contributed by atoms with Crippen molar-refractivity contribution in [2.24, 2.45) is 0 Å². The number of aryl methyl sites for hydroxylation is 1. The van der Waals surface area contributed by atoms with Crippen molar-refractivity contribution in [1.82, 2.24) is 4.98 Å². The van der Waals surface area contributed by atoms with Crippen molar-refractivity contribution in [1.29, 1.82) is 0 Å². The molecule has 24 heavy (non-hydrogen) atoms.